The topological polar surface area (TPSA) is 27.0 Å². The van der Waals surface area contributed by atoms with E-state index in [1.807, 2.05) is 46.7 Å². The summed E-state index contributed by atoms with van der Waals surface area (Å²) in [7, 11) is 3.91. The molecule has 0 aliphatic heterocycles. The van der Waals surface area contributed by atoms with Crippen LogP contribution in [0.1, 0.15) is 34.1 Å². The summed E-state index contributed by atoms with van der Waals surface area (Å²) in [6, 6.07) is 2.06. The van der Waals surface area contributed by atoms with Gasteiger partial charge < -0.3 is 4.90 Å². The van der Waals surface area contributed by atoms with Crippen LogP contribution in [0.3, 0.4) is 0 Å². The first-order valence-electron chi connectivity index (χ1n) is 4.29. The first-order chi connectivity index (χ1) is 5.27. The molecule has 0 saturated carbocycles. The van der Waals surface area contributed by atoms with Gasteiger partial charge in [-0.05, 0) is 14.1 Å². The van der Waals surface area contributed by atoms with Gasteiger partial charge in [-0.25, -0.2) is 0 Å². The molecule has 0 amide bonds. The molecule has 0 unspecified atom stereocenters. The summed E-state index contributed by atoms with van der Waals surface area (Å²) < 4.78 is 0. The SMILES string of the molecule is CC.CC.CN(C)CCC#N. The van der Waals surface area contributed by atoms with Crippen LogP contribution >= 0.6 is 0 Å². The summed E-state index contributed by atoms with van der Waals surface area (Å²) in [6.45, 7) is 8.87. The van der Waals surface area contributed by atoms with Crippen LogP contribution in [0.2, 0.25) is 0 Å². The maximum atomic E-state index is 8.04. The van der Waals surface area contributed by atoms with E-state index in [0.717, 1.165) is 6.54 Å². The molecular weight excluding hydrogens is 136 g/mol. The summed E-state index contributed by atoms with van der Waals surface area (Å²) >= 11 is 0. The lowest BCUT2D eigenvalue weighted by atomic mass is 10.4. The van der Waals surface area contributed by atoms with Gasteiger partial charge in [-0.1, -0.05) is 27.7 Å². The Morgan fingerprint density at radius 3 is 1.55 bits per heavy atom. The average molecular weight is 158 g/mol. The predicted octanol–water partition coefficient (Wildman–Crippen LogP) is 2.51. The van der Waals surface area contributed by atoms with Crippen molar-refractivity contribution in [3.05, 3.63) is 0 Å². The highest BCUT2D eigenvalue weighted by molar-refractivity contribution is 4.69. The molecule has 0 radical (unpaired) electrons. The van der Waals surface area contributed by atoms with Crippen LogP contribution in [-0.4, -0.2) is 25.5 Å². The van der Waals surface area contributed by atoms with Gasteiger partial charge in [0, 0.05) is 13.0 Å². The Balaban J connectivity index is -0.000000138. The van der Waals surface area contributed by atoms with Crippen molar-refractivity contribution in [2.75, 3.05) is 20.6 Å². The minimum Gasteiger partial charge on any atom is -0.308 e. The molecule has 0 spiro atoms. The van der Waals surface area contributed by atoms with Crippen LogP contribution < -0.4 is 0 Å². The smallest absolute Gasteiger partial charge is 0.0635 e. The van der Waals surface area contributed by atoms with Crippen molar-refractivity contribution in [3.63, 3.8) is 0 Å². The molecule has 0 N–H and O–H groups in total. The zero-order valence-electron chi connectivity index (χ0n) is 8.81. The second-order valence-corrected chi connectivity index (χ2v) is 1.71. The summed E-state index contributed by atoms with van der Waals surface area (Å²) in [5, 5.41) is 8.04. The number of rotatable bonds is 2. The molecule has 11 heavy (non-hydrogen) atoms. The zero-order valence-corrected chi connectivity index (χ0v) is 8.81. The third kappa shape index (κ3) is 44.1. The minimum absolute atomic E-state index is 0.632. The number of hydrogen-bond acceptors (Lipinski definition) is 2. The van der Waals surface area contributed by atoms with E-state index in [4.69, 9.17) is 5.26 Å². The highest BCUT2D eigenvalue weighted by Crippen LogP contribution is 1.76. The lowest BCUT2D eigenvalue weighted by Crippen LogP contribution is -2.11. The van der Waals surface area contributed by atoms with E-state index in [2.05, 4.69) is 6.07 Å². The molecule has 0 fully saturated rings. The Morgan fingerprint density at radius 1 is 1.09 bits per heavy atom. The van der Waals surface area contributed by atoms with E-state index in [0.29, 0.717) is 6.42 Å². The van der Waals surface area contributed by atoms with E-state index < -0.39 is 0 Å². The highest BCUT2D eigenvalue weighted by Gasteiger charge is 1.83. The molecule has 0 aromatic heterocycles. The highest BCUT2D eigenvalue weighted by atomic mass is 15.0. The fourth-order valence-corrected chi connectivity index (χ4v) is 0.274. The summed E-state index contributed by atoms with van der Waals surface area (Å²) in [5.41, 5.74) is 0. The van der Waals surface area contributed by atoms with Crippen LogP contribution in [0.15, 0.2) is 0 Å². The molecule has 68 valence electrons. The average Bonchev–Trinajstić information content (AvgIpc) is 2.08. The molecule has 0 atom stereocenters. The van der Waals surface area contributed by atoms with E-state index >= 15 is 0 Å². The van der Waals surface area contributed by atoms with Crippen molar-refractivity contribution in [1.29, 1.82) is 5.26 Å². The van der Waals surface area contributed by atoms with Gasteiger partial charge >= 0.3 is 0 Å². The normalized spacial score (nSPS) is 6.73. The molecular formula is C9H22N2. The third-order valence-electron chi connectivity index (χ3n) is 0.671. The van der Waals surface area contributed by atoms with Crippen LogP contribution in [0.25, 0.3) is 0 Å². The summed E-state index contributed by atoms with van der Waals surface area (Å²) in [6.07, 6.45) is 0.632. The van der Waals surface area contributed by atoms with E-state index in [1.165, 1.54) is 0 Å². The Hall–Kier alpha value is -0.550. The number of nitrogens with zero attached hydrogens (tertiary/aromatic N) is 2. The van der Waals surface area contributed by atoms with Crippen LogP contribution in [0.5, 0.6) is 0 Å². The first kappa shape index (κ1) is 16.8. The van der Waals surface area contributed by atoms with Crippen LogP contribution in [-0.2, 0) is 0 Å². The molecule has 2 heteroatoms. The molecule has 0 aromatic carbocycles. The summed E-state index contributed by atoms with van der Waals surface area (Å²) in [4.78, 5) is 1.99. The van der Waals surface area contributed by atoms with Crippen molar-refractivity contribution in [2.45, 2.75) is 34.1 Å². The van der Waals surface area contributed by atoms with Gasteiger partial charge in [0.25, 0.3) is 0 Å². The lowest BCUT2D eigenvalue weighted by molar-refractivity contribution is 0.419. The predicted molar refractivity (Wildman–Crippen MR) is 51.5 cm³/mol. The Morgan fingerprint density at radius 2 is 1.45 bits per heavy atom. The minimum atomic E-state index is 0.632. The van der Waals surface area contributed by atoms with Gasteiger partial charge in [0.05, 0.1) is 6.07 Å². The van der Waals surface area contributed by atoms with Crippen molar-refractivity contribution in [2.24, 2.45) is 0 Å². The Labute approximate surface area is 71.8 Å². The first-order valence-corrected chi connectivity index (χ1v) is 4.29. The maximum absolute atomic E-state index is 8.04. The Kier molecular flexibility index (Phi) is 34.7. The van der Waals surface area contributed by atoms with Crippen molar-refractivity contribution in [1.82, 2.24) is 4.90 Å². The van der Waals surface area contributed by atoms with Gasteiger partial charge in [-0.3, -0.25) is 0 Å². The summed E-state index contributed by atoms with van der Waals surface area (Å²) in [5.74, 6) is 0. The molecule has 0 bridgehead atoms. The van der Waals surface area contributed by atoms with E-state index in [9.17, 15) is 0 Å². The lowest BCUT2D eigenvalue weighted by Gasteiger charge is -2.02. The number of nitriles is 1. The third-order valence-corrected chi connectivity index (χ3v) is 0.671. The Bertz CT molecular complexity index is 72.1. The molecule has 0 aliphatic rings. The van der Waals surface area contributed by atoms with Gasteiger partial charge in [0.15, 0.2) is 0 Å². The van der Waals surface area contributed by atoms with Crippen LogP contribution in [0, 0.1) is 11.3 Å². The van der Waals surface area contributed by atoms with Gasteiger partial charge in [-0.15, -0.1) is 0 Å². The second-order valence-electron chi connectivity index (χ2n) is 1.71. The van der Waals surface area contributed by atoms with Gasteiger partial charge in [-0.2, -0.15) is 5.26 Å². The fourth-order valence-electron chi connectivity index (χ4n) is 0.274. The van der Waals surface area contributed by atoms with Crippen molar-refractivity contribution >= 4 is 0 Å². The van der Waals surface area contributed by atoms with Crippen molar-refractivity contribution < 1.29 is 0 Å². The molecule has 0 rings (SSSR count). The van der Waals surface area contributed by atoms with Crippen LogP contribution in [0.4, 0.5) is 0 Å². The zero-order chi connectivity index (χ0) is 9.70. The monoisotopic (exact) mass is 158 g/mol. The maximum Gasteiger partial charge on any atom is 0.0635 e. The standard InChI is InChI=1S/C5H10N2.2C2H6/c1-7(2)5-3-4-6;2*1-2/h3,5H2,1-2H3;2*1-2H3. The van der Waals surface area contributed by atoms with Crippen molar-refractivity contribution in [3.8, 4) is 6.07 Å². The molecule has 0 saturated heterocycles. The molecule has 0 aliphatic carbocycles. The quantitative estimate of drug-likeness (QED) is 0.617. The molecule has 0 aromatic rings. The van der Waals surface area contributed by atoms with E-state index in [1.54, 1.807) is 0 Å². The molecule has 0 heterocycles. The largest absolute Gasteiger partial charge is 0.308 e. The second kappa shape index (κ2) is 22.7. The van der Waals surface area contributed by atoms with Gasteiger partial charge in [0.1, 0.15) is 0 Å². The molecule has 2 nitrogen and oxygen atoms in total. The fraction of sp³-hybridized carbons (Fsp3) is 0.889. The number of hydrogen-bond donors (Lipinski definition) is 0. The van der Waals surface area contributed by atoms with Gasteiger partial charge in [0.2, 0.25) is 0 Å². The van der Waals surface area contributed by atoms with E-state index in [-0.39, 0.29) is 0 Å².